The van der Waals surface area contributed by atoms with Crippen molar-refractivity contribution in [3.05, 3.63) is 0 Å². The quantitative estimate of drug-likeness (QED) is 0.630. The highest BCUT2D eigenvalue weighted by Crippen LogP contribution is 2.13. The predicted molar refractivity (Wildman–Crippen MR) is 66.4 cm³/mol. The molecule has 1 saturated heterocycles. The molecule has 88 valence electrons. The van der Waals surface area contributed by atoms with Gasteiger partial charge in [-0.3, -0.25) is 4.99 Å². The zero-order chi connectivity index (χ0) is 11.4. The third-order valence-corrected chi connectivity index (χ3v) is 3.11. The summed E-state index contributed by atoms with van der Waals surface area (Å²) < 4.78 is 0. The van der Waals surface area contributed by atoms with Crippen molar-refractivity contribution >= 4 is 5.96 Å². The first-order valence-corrected chi connectivity index (χ1v) is 5.99. The number of rotatable bonds is 1. The second-order valence-electron chi connectivity index (χ2n) is 4.28. The summed E-state index contributed by atoms with van der Waals surface area (Å²) in [5.41, 5.74) is 0. The van der Waals surface area contributed by atoms with Gasteiger partial charge in [-0.1, -0.05) is 5.92 Å². The van der Waals surface area contributed by atoms with Crippen molar-refractivity contribution in [3.63, 3.8) is 0 Å². The van der Waals surface area contributed by atoms with Gasteiger partial charge >= 0.3 is 0 Å². The minimum absolute atomic E-state index is 0.491. The Balaban J connectivity index is 2.02. The molecule has 0 bridgehead atoms. The zero-order valence-electron chi connectivity index (χ0n) is 10.2. The van der Waals surface area contributed by atoms with Crippen LogP contribution in [0.1, 0.15) is 13.8 Å². The van der Waals surface area contributed by atoms with Crippen molar-refractivity contribution < 1.29 is 0 Å². The van der Waals surface area contributed by atoms with E-state index < -0.39 is 0 Å². The van der Waals surface area contributed by atoms with Crippen LogP contribution in [0.5, 0.6) is 0 Å². The van der Waals surface area contributed by atoms with Gasteiger partial charge in [0.2, 0.25) is 0 Å². The molecule has 0 amide bonds. The molecule has 0 aromatic carbocycles. The van der Waals surface area contributed by atoms with Crippen molar-refractivity contribution in [2.24, 2.45) is 4.99 Å². The van der Waals surface area contributed by atoms with Crippen LogP contribution in [0.3, 0.4) is 0 Å². The summed E-state index contributed by atoms with van der Waals surface area (Å²) in [5, 5.41) is 3.36. The molecule has 0 aromatic rings. The Bertz CT molecular complexity index is 320. The maximum atomic E-state index is 4.65. The SMILES string of the molecule is CC#CCN1C(N2CCNCC2)=NCC1C. The van der Waals surface area contributed by atoms with Gasteiger partial charge in [0.1, 0.15) is 0 Å². The second-order valence-corrected chi connectivity index (χ2v) is 4.28. The van der Waals surface area contributed by atoms with Crippen LogP contribution in [0, 0.1) is 11.8 Å². The van der Waals surface area contributed by atoms with Gasteiger partial charge in [0.15, 0.2) is 5.96 Å². The Kier molecular flexibility index (Phi) is 3.68. The van der Waals surface area contributed by atoms with E-state index in [2.05, 4.69) is 38.9 Å². The Morgan fingerprint density at radius 3 is 2.88 bits per heavy atom. The molecule has 1 N–H and O–H groups in total. The van der Waals surface area contributed by atoms with Crippen LogP contribution in [0.25, 0.3) is 0 Å². The molecule has 1 fully saturated rings. The smallest absolute Gasteiger partial charge is 0.197 e. The first kappa shape index (κ1) is 11.3. The lowest BCUT2D eigenvalue weighted by molar-refractivity contribution is 0.293. The van der Waals surface area contributed by atoms with Gasteiger partial charge in [0, 0.05) is 32.2 Å². The zero-order valence-corrected chi connectivity index (χ0v) is 10.2. The molecule has 1 unspecified atom stereocenters. The Hall–Kier alpha value is -1.21. The maximum Gasteiger partial charge on any atom is 0.197 e. The van der Waals surface area contributed by atoms with Crippen molar-refractivity contribution in [3.8, 4) is 11.8 Å². The van der Waals surface area contributed by atoms with E-state index in [1.54, 1.807) is 0 Å². The lowest BCUT2D eigenvalue weighted by Crippen LogP contribution is -2.52. The molecule has 4 nitrogen and oxygen atoms in total. The van der Waals surface area contributed by atoms with Crippen LogP contribution in [-0.2, 0) is 0 Å². The third kappa shape index (κ3) is 2.30. The largest absolute Gasteiger partial charge is 0.340 e. The molecular weight excluding hydrogens is 200 g/mol. The minimum Gasteiger partial charge on any atom is -0.340 e. The van der Waals surface area contributed by atoms with E-state index in [-0.39, 0.29) is 0 Å². The molecule has 0 aromatic heterocycles. The first-order chi connectivity index (χ1) is 7.83. The predicted octanol–water partition coefficient (Wildman–Crippen LogP) is -0.0250. The van der Waals surface area contributed by atoms with E-state index in [1.807, 2.05) is 6.92 Å². The second kappa shape index (κ2) is 5.22. The summed E-state index contributed by atoms with van der Waals surface area (Å²) in [4.78, 5) is 9.34. The van der Waals surface area contributed by atoms with Crippen molar-refractivity contribution in [2.75, 3.05) is 39.3 Å². The molecule has 0 spiro atoms. The van der Waals surface area contributed by atoms with Crippen LogP contribution in [-0.4, -0.2) is 61.1 Å². The molecule has 1 atom stereocenters. The summed E-state index contributed by atoms with van der Waals surface area (Å²) in [6.45, 7) is 10.0. The monoisotopic (exact) mass is 220 g/mol. The fourth-order valence-electron chi connectivity index (χ4n) is 2.14. The number of nitrogens with zero attached hydrogens (tertiary/aromatic N) is 3. The van der Waals surface area contributed by atoms with Crippen molar-refractivity contribution in [1.82, 2.24) is 15.1 Å². The van der Waals surface area contributed by atoms with Gasteiger partial charge in [0.25, 0.3) is 0 Å². The van der Waals surface area contributed by atoms with Crippen LogP contribution >= 0.6 is 0 Å². The maximum absolute atomic E-state index is 4.65. The highest BCUT2D eigenvalue weighted by atomic mass is 15.4. The average Bonchev–Trinajstić information content (AvgIpc) is 2.69. The van der Waals surface area contributed by atoms with Gasteiger partial charge in [-0.2, -0.15) is 0 Å². The van der Waals surface area contributed by atoms with Crippen molar-refractivity contribution in [1.29, 1.82) is 0 Å². The summed E-state index contributed by atoms with van der Waals surface area (Å²) in [6, 6.07) is 0.491. The molecule has 16 heavy (non-hydrogen) atoms. The van der Waals surface area contributed by atoms with E-state index in [4.69, 9.17) is 0 Å². The Labute approximate surface area is 97.7 Å². The number of aliphatic imine (C=N–C) groups is 1. The van der Waals surface area contributed by atoms with Gasteiger partial charge < -0.3 is 15.1 Å². The molecule has 0 aliphatic carbocycles. The van der Waals surface area contributed by atoms with Gasteiger partial charge in [-0.15, -0.1) is 5.92 Å². The van der Waals surface area contributed by atoms with E-state index in [0.29, 0.717) is 6.04 Å². The van der Waals surface area contributed by atoms with Crippen LogP contribution < -0.4 is 5.32 Å². The van der Waals surface area contributed by atoms with E-state index in [0.717, 1.165) is 45.2 Å². The first-order valence-electron chi connectivity index (χ1n) is 5.99. The number of nitrogens with one attached hydrogen (secondary N) is 1. The molecule has 4 heteroatoms. The summed E-state index contributed by atoms with van der Waals surface area (Å²) in [5.74, 6) is 7.25. The lowest BCUT2D eigenvalue weighted by Gasteiger charge is -2.34. The Morgan fingerprint density at radius 1 is 1.44 bits per heavy atom. The highest BCUT2D eigenvalue weighted by Gasteiger charge is 2.28. The fourth-order valence-corrected chi connectivity index (χ4v) is 2.14. The van der Waals surface area contributed by atoms with E-state index in [9.17, 15) is 0 Å². The average molecular weight is 220 g/mol. The minimum atomic E-state index is 0.491. The highest BCUT2D eigenvalue weighted by molar-refractivity contribution is 5.82. The van der Waals surface area contributed by atoms with Crippen LogP contribution in [0.4, 0.5) is 0 Å². The summed E-state index contributed by atoms with van der Waals surface area (Å²) in [6.07, 6.45) is 0. The topological polar surface area (TPSA) is 30.9 Å². The normalized spacial score (nSPS) is 25.1. The van der Waals surface area contributed by atoms with Crippen molar-refractivity contribution in [2.45, 2.75) is 19.9 Å². The summed E-state index contributed by atoms with van der Waals surface area (Å²) >= 11 is 0. The van der Waals surface area contributed by atoms with Gasteiger partial charge in [-0.25, -0.2) is 0 Å². The molecule has 2 rings (SSSR count). The van der Waals surface area contributed by atoms with Crippen LogP contribution in [0.15, 0.2) is 4.99 Å². The molecule has 0 radical (unpaired) electrons. The molecule has 0 saturated carbocycles. The number of hydrogen-bond acceptors (Lipinski definition) is 4. The Morgan fingerprint density at radius 2 is 2.19 bits per heavy atom. The fraction of sp³-hybridized carbons (Fsp3) is 0.750. The number of hydrogen-bond donors (Lipinski definition) is 1. The van der Waals surface area contributed by atoms with Gasteiger partial charge in [0.05, 0.1) is 13.1 Å². The van der Waals surface area contributed by atoms with E-state index in [1.165, 1.54) is 0 Å². The summed E-state index contributed by atoms with van der Waals surface area (Å²) in [7, 11) is 0. The van der Waals surface area contributed by atoms with E-state index >= 15 is 0 Å². The standard InChI is InChI=1S/C12H20N4/c1-3-4-7-16-11(2)10-14-12(16)15-8-5-13-6-9-15/h11,13H,5-10H2,1-2H3. The number of guanidine groups is 1. The van der Waals surface area contributed by atoms with Gasteiger partial charge in [-0.05, 0) is 13.8 Å². The molecule has 2 heterocycles. The molecule has 2 aliphatic heterocycles. The number of piperazine rings is 1. The van der Waals surface area contributed by atoms with Crippen LogP contribution in [0.2, 0.25) is 0 Å². The molecular formula is C12H20N4. The lowest BCUT2D eigenvalue weighted by atomic mass is 10.3. The molecule has 2 aliphatic rings. The third-order valence-electron chi connectivity index (χ3n) is 3.11.